The van der Waals surface area contributed by atoms with Crippen molar-refractivity contribution in [1.82, 2.24) is 14.9 Å². The van der Waals surface area contributed by atoms with Crippen molar-refractivity contribution in [3.05, 3.63) is 47.9 Å². The monoisotopic (exact) mass is 348 g/mol. The van der Waals surface area contributed by atoms with E-state index in [4.69, 9.17) is 11.6 Å². The summed E-state index contributed by atoms with van der Waals surface area (Å²) in [7, 11) is 0. The number of carbonyl (C=O) groups is 1. The number of hydrogen-bond acceptors (Lipinski definition) is 5. The predicted octanol–water partition coefficient (Wildman–Crippen LogP) is 2.57. The van der Waals surface area contributed by atoms with Crippen molar-refractivity contribution in [2.24, 2.45) is 0 Å². The number of anilines is 1. The van der Waals surface area contributed by atoms with E-state index >= 15 is 0 Å². The molecule has 1 fully saturated rings. The molecular formula is C16H17ClN4OS. The van der Waals surface area contributed by atoms with E-state index in [0.29, 0.717) is 10.8 Å². The third-order valence-corrected chi connectivity index (χ3v) is 4.93. The second kappa shape index (κ2) is 7.66. The fourth-order valence-corrected chi connectivity index (χ4v) is 3.33. The topological polar surface area (TPSA) is 49.3 Å². The van der Waals surface area contributed by atoms with Crippen LogP contribution < -0.4 is 4.90 Å². The van der Waals surface area contributed by atoms with Crippen molar-refractivity contribution in [3.63, 3.8) is 0 Å². The average Bonchev–Trinajstić information content (AvgIpc) is 2.62. The molecule has 1 aromatic carbocycles. The van der Waals surface area contributed by atoms with Crippen LogP contribution in [0.15, 0.2) is 47.8 Å². The number of carbonyl (C=O) groups excluding carboxylic acids is 1. The van der Waals surface area contributed by atoms with Gasteiger partial charge in [-0.1, -0.05) is 11.6 Å². The fourth-order valence-electron chi connectivity index (χ4n) is 2.41. The molecule has 0 spiro atoms. The Hall–Kier alpha value is -1.79. The van der Waals surface area contributed by atoms with Gasteiger partial charge in [-0.15, -0.1) is 11.8 Å². The first-order chi connectivity index (χ1) is 11.2. The standard InChI is InChI=1S/C16H17ClN4OS/c17-13-1-3-14(4-2-13)23-12-16(22)21-9-7-20(8-10-21)15-11-18-5-6-19-15/h1-6,11H,7-10,12H2. The Bertz CT molecular complexity index is 645. The zero-order valence-corrected chi connectivity index (χ0v) is 14.1. The van der Waals surface area contributed by atoms with Gasteiger partial charge in [0.1, 0.15) is 5.82 Å². The minimum absolute atomic E-state index is 0.170. The van der Waals surface area contributed by atoms with Crippen molar-refractivity contribution in [2.75, 3.05) is 36.8 Å². The van der Waals surface area contributed by atoms with Crippen LogP contribution in [-0.2, 0) is 4.79 Å². The van der Waals surface area contributed by atoms with E-state index in [1.807, 2.05) is 29.2 Å². The molecule has 0 atom stereocenters. The van der Waals surface area contributed by atoms with Crippen LogP contribution in [-0.4, -0.2) is 52.7 Å². The molecule has 1 amide bonds. The van der Waals surface area contributed by atoms with Crippen LogP contribution in [0.4, 0.5) is 5.82 Å². The molecule has 1 aliphatic heterocycles. The Morgan fingerprint density at radius 3 is 2.52 bits per heavy atom. The molecule has 3 rings (SSSR count). The molecule has 23 heavy (non-hydrogen) atoms. The largest absolute Gasteiger partial charge is 0.352 e. The number of hydrogen-bond donors (Lipinski definition) is 0. The van der Waals surface area contributed by atoms with Gasteiger partial charge in [-0.25, -0.2) is 4.98 Å². The highest BCUT2D eigenvalue weighted by Gasteiger charge is 2.21. The van der Waals surface area contributed by atoms with Crippen LogP contribution in [0.1, 0.15) is 0 Å². The Labute approximate surface area is 144 Å². The van der Waals surface area contributed by atoms with Gasteiger partial charge in [-0.2, -0.15) is 0 Å². The molecule has 1 saturated heterocycles. The van der Waals surface area contributed by atoms with Gasteiger partial charge in [0, 0.05) is 48.5 Å². The molecule has 7 heteroatoms. The number of thioether (sulfide) groups is 1. The van der Waals surface area contributed by atoms with E-state index in [9.17, 15) is 4.79 Å². The molecule has 2 aromatic rings. The molecule has 0 aliphatic carbocycles. The first-order valence-corrected chi connectivity index (χ1v) is 8.76. The predicted molar refractivity (Wildman–Crippen MR) is 93.0 cm³/mol. The zero-order valence-electron chi connectivity index (χ0n) is 12.6. The molecule has 2 heterocycles. The Balaban J connectivity index is 1.47. The van der Waals surface area contributed by atoms with Crippen molar-refractivity contribution in [1.29, 1.82) is 0 Å². The number of rotatable bonds is 4. The summed E-state index contributed by atoms with van der Waals surface area (Å²) >= 11 is 7.40. The molecule has 0 unspecified atom stereocenters. The van der Waals surface area contributed by atoms with E-state index in [0.717, 1.165) is 36.9 Å². The van der Waals surface area contributed by atoms with E-state index in [-0.39, 0.29) is 5.91 Å². The summed E-state index contributed by atoms with van der Waals surface area (Å²) in [5.74, 6) is 1.49. The maximum atomic E-state index is 12.3. The lowest BCUT2D eigenvalue weighted by atomic mass is 10.3. The molecule has 5 nitrogen and oxygen atoms in total. The third-order valence-electron chi connectivity index (χ3n) is 3.68. The lowest BCUT2D eigenvalue weighted by Crippen LogP contribution is -2.49. The molecule has 1 aliphatic rings. The summed E-state index contributed by atoms with van der Waals surface area (Å²) in [6.07, 6.45) is 5.11. The van der Waals surface area contributed by atoms with Gasteiger partial charge in [0.15, 0.2) is 0 Å². The van der Waals surface area contributed by atoms with Crippen molar-refractivity contribution < 1.29 is 4.79 Å². The van der Waals surface area contributed by atoms with Crippen molar-refractivity contribution in [2.45, 2.75) is 4.90 Å². The lowest BCUT2D eigenvalue weighted by molar-refractivity contribution is -0.128. The Morgan fingerprint density at radius 2 is 1.87 bits per heavy atom. The first-order valence-electron chi connectivity index (χ1n) is 7.39. The smallest absolute Gasteiger partial charge is 0.233 e. The van der Waals surface area contributed by atoms with Gasteiger partial charge < -0.3 is 9.80 Å². The molecule has 120 valence electrons. The second-order valence-electron chi connectivity index (χ2n) is 5.17. The van der Waals surface area contributed by atoms with E-state index < -0.39 is 0 Å². The van der Waals surface area contributed by atoms with Gasteiger partial charge in [0.25, 0.3) is 0 Å². The van der Waals surface area contributed by atoms with E-state index in [1.165, 1.54) is 0 Å². The summed E-state index contributed by atoms with van der Waals surface area (Å²) in [4.78, 5) is 25.8. The third kappa shape index (κ3) is 4.36. The van der Waals surface area contributed by atoms with Crippen molar-refractivity contribution in [3.8, 4) is 0 Å². The number of piperazine rings is 1. The number of amides is 1. The molecule has 0 saturated carbocycles. The second-order valence-corrected chi connectivity index (χ2v) is 6.66. The number of halogens is 1. The quantitative estimate of drug-likeness (QED) is 0.795. The summed E-state index contributed by atoms with van der Waals surface area (Å²) in [5, 5.41) is 0.709. The van der Waals surface area contributed by atoms with E-state index in [2.05, 4.69) is 14.9 Å². The summed E-state index contributed by atoms with van der Waals surface area (Å²) < 4.78 is 0. The zero-order chi connectivity index (χ0) is 16.1. The highest BCUT2D eigenvalue weighted by Crippen LogP contribution is 2.21. The summed E-state index contributed by atoms with van der Waals surface area (Å²) in [6.45, 7) is 3.01. The molecule has 0 radical (unpaired) electrons. The van der Waals surface area contributed by atoms with Gasteiger partial charge in [-0.3, -0.25) is 9.78 Å². The molecule has 1 aromatic heterocycles. The molecular weight excluding hydrogens is 332 g/mol. The van der Waals surface area contributed by atoms with Gasteiger partial charge in [0.2, 0.25) is 5.91 Å². The van der Waals surface area contributed by atoms with Crippen LogP contribution in [0.25, 0.3) is 0 Å². The Morgan fingerprint density at radius 1 is 1.13 bits per heavy atom. The highest BCUT2D eigenvalue weighted by molar-refractivity contribution is 8.00. The van der Waals surface area contributed by atoms with Gasteiger partial charge >= 0.3 is 0 Å². The summed E-state index contributed by atoms with van der Waals surface area (Å²) in [6, 6.07) is 7.56. The van der Waals surface area contributed by atoms with Gasteiger partial charge in [-0.05, 0) is 24.3 Å². The summed E-state index contributed by atoms with van der Waals surface area (Å²) in [5.41, 5.74) is 0. The molecule has 0 N–H and O–H groups in total. The van der Waals surface area contributed by atoms with E-state index in [1.54, 1.807) is 30.4 Å². The van der Waals surface area contributed by atoms with Crippen LogP contribution >= 0.6 is 23.4 Å². The minimum atomic E-state index is 0.170. The maximum Gasteiger partial charge on any atom is 0.233 e. The first kappa shape index (κ1) is 16.1. The number of aromatic nitrogens is 2. The number of nitrogens with zero attached hydrogens (tertiary/aromatic N) is 4. The maximum absolute atomic E-state index is 12.3. The Kier molecular flexibility index (Phi) is 5.35. The highest BCUT2D eigenvalue weighted by atomic mass is 35.5. The SMILES string of the molecule is O=C(CSc1ccc(Cl)cc1)N1CCN(c2cnccn2)CC1. The normalized spacial score (nSPS) is 14.8. The fraction of sp³-hybridized carbons (Fsp3) is 0.312. The molecule has 0 bridgehead atoms. The van der Waals surface area contributed by atoms with Crippen molar-refractivity contribution >= 4 is 35.1 Å². The number of benzene rings is 1. The van der Waals surface area contributed by atoms with Crippen LogP contribution in [0.2, 0.25) is 5.02 Å². The van der Waals surface area contributed by atoms with Crippen LogP contribution in [0.3, 0.4) is 0 Å². The average molecular weight is 349 g/mol. The van der Waals surface area contributed by atoms with Gasteiger partial charge in [0.05, 0.1) is 11.9 Å². The van der Waals surface area contributed by atoms with Crippen LogP contribution in [0, 0.1) is 0 Å². The van der Waals surface area contributed by atoms with Crippen LogP contribution in [0.5, 0.6) is 0 Å². The minimum Gasteiger partial charge on any atom is -0.352 e. The lowest BCUT2D eigenvalue weighted by Gasteiger charge is -2.35.